The predicted octanol–water partition coefficient (Wildman–Crippen LogP) is 14.9. The van der Waals surface area contributed by atoms with Crippen LogP contribution >= 0.6 is 68.0 Å². The van der Waals surface area contributed by atoms with E-state index < -0.39 is 6.98 Å². The summed E-state index contributed by atoms with van der Waals surface area (Å²) in [6, 6.07) is 51.4. The molecule has 0 amide bonds. The molecule has 0 radical (unpaired) electrons. The van der Waals surface area contributed by atoms with E-state index in [1.54, 1.807) is 41.3 Å². The van der Waals surface area contributed by atoms with Crippen molar-refractivity contribution in [3.8, 4) is 58.5 Å². The van der Waals surface area contributed by atoms with Crippen LogP contribution in [0.25, 0.3) is 164 Å². The molecule has 21 aromatic rings. The van der Waals surface area contributed by atoms with Crippen molar-refractivity contribution in [2.24, 2.45) is 14.0 Å². The predicted molar refractivity (Wildman–Crippen MR) is 406 cm³/mol. The summed E-state index contributed by atoms with van der Waals surface area (Å²) in [4.78, 5) is 50.0. The molecule has 0 atom stereocenters. The molecule has 5 aliphatic rings. The zero-order chi connectivity index (χ0) is 70.2. The third kappa shape index (κ3) is 8.83. The van der Waals surface area contributed by atoms with Crippen LogP contribution in [-0.2, 0) is 46.7 Å². The standard InChI is InChI=1S/C20H13N4S.2C15H11N4S.C14H8N3OS.C14H8N3S2/c1-2-6-13(7-3-1)24-18-15(9-5-11-22-18)17-20(24)25-19-14-8-4-10-21-16(14)12-23(17)19;2*1-18-13-10(5-3-7-17-13)12-15(18)20-14-9-4-2-6-16-11(9)8-19(12)14;2*1-3-8-10(15-5-1)7-17-11-9-4-2-6-16-12(9)18-14(11)19-13(8)17/h1-11H,12H2;2*2-7H,8H2,1H3;2*1-6H,7H2/q5*+1/i;1D3;;;. The van der Waals surface area contributed by atoms with Crippen molar-refractivity contribution in [3.63, 3.8) is 0 Å². The quantitative estimate of drug-likeness (QED) is 0.143. The van der Waals surface area contributed by atoms with E-state index in [1.807, 2.05) is 156 Å². The number of para-hydroxylation sites is 1. The Morgan fingerprint density at radius 1 is 0.340 bits per heavy atom. The van der Waals surface area contributed by atoms with E-state index in [0.717, 1.165) is 107 Å². The summed E-state index contributed by atoms with van der Waals surface area (Å²) in [5.41, 5.74) is 22.1. The van der Waals surface area contributed by atoms with E-state index in [4.69, 9.17) is 8.53 Å². The normalized spacial score (nSPS) is 13.5. The molecule has 0 spiro atoms. The zero-order valence-electron chi connectivity index (χ0n) is 57.2. The van der Waals surface area contributed by atoms with Gasteiger partial charge in [-0.1, -0.05) is 40.9 Å². The molecule has 25 heteroatoms. The van der Waals surface area contributed by atoms with Gasteiger partial charge in [-0.25, -0.2) is 24.9 Å². The molecule has 0 saturated carbocycles. The maximum absolute atomic E-state index is 7.89. The Morgan fingerprint density at radius 3 is 1.26 bits per heavy atom. The highest BCUT2D eigenvalue weighted by Gasteiger charge is 2.41. The lowest BCUT2D eigenvalue weighted by Gasteiger charge is -2.03. The van der Waals surface area contributed by atoms with E-state index in [9.17, 15) is 0 Å². The molecule has 5 aliphatic heterocycles. The van der Waals surface area contributed by atoms with Crippen LogP contribution in [-0.4, -0.2) is 63.5 Å². The van der Waals surface area contributed by atoms with Crippen LogP contribution in [0.2, 0.25) is 0 Å². The van der Waals surface area contributed by atoms with Gasteiger partial charge >= 0.3 is 0 Å². The number of fused-ring (bicyclic) bond motifs is 35. The van der Waals surface area contributed by atoms with Crippen LogP contribution in [0.3, 0.4) is 0 Å². The van der Waals surface area contributed by atoms with Crippen LogP contribution in [0.5, 0.6) is 0 Å². The van der Waals surface area contributed by atoms with Gasteiger partial charge in [0.1, 0.15) is 50.0 Å². The van der Waals surface area contributed by atoms with Crippen molar-refractivity contribution in [1.82, 2.24) is 63.5 Å². The van der Waals surface area contributed by atoms with Gasteiger partial charge in [-0.2, -0.15) is 22.8 Å². The molecule has 26 rings (SSSR count). The Kier molecular flexibility index (Phi) is 12.4. The minimum Gasteiger partial charge on any atom is -0.420 e. The Bertz CT molecular complexity index is 7100. The molecule has 103 heavy (non-hydrogen) atoms. The number of aromatic nitrogens is 18. The summed E-state index contributed by atoms with van der Waals surface area (Å²) in [5.74, 6) is 0. The van der Waals surface area contributed by atoms with Gasteiger partial charge in [-0.05, 0) is 179 Å². The van der Waals surface area contributed by atoms with Crippen molar-refractivity contribution in [3.05, 3.63) is 242 Å². The highest BCUT2D eigenvalue weighted by atomic mass is 32.2. The lowest BCUT2D eigenvalue weighted by atomic mass is 10.2. The van der Waals surface area contributed by atoms with Crippen molar-refractivity contribution in [2.75, 3.05) is 0 Å². The van der Waals surface area contributed by atoms with Gasteiger partial charge in [0.2, 0.25) is 11.2 Å². The van der Waals surface area contributed by atoms with E-state index in [0.29, 0.717) is 17.9 Å². The van der Waals surface area contributed by atoms with E-state index in [2.05, 4.69) is 162 Å². The van der Waals surface area contributed by atoms with Gasteiger partial charge in [-0.3, -0.25) is 29.5 Å². The summed E-state index contributed by atoms with van der Waals surface area (Å²) >= 11 is 10.5. The Hall–Kier alpha value is -11.7. The molecular formula is C78H51N18OS6+5. The lowest BCUT2D eigenvalue weighted by Crippen LogP contribution is -2.30. The number of hydrogen-bond acceptors (Lipinski definition) is 17. The van der Waals surface area contributed by atoms with Gasteiger partial charge in [0, 0.05) is 85.8 Å². The van der Waals surface area contributed by atoms with Gasteiger partial charge in [0.15, 0.2) is 56.9 Å². The highest BCUT2D eigenvalue weighted by Crippen LogP contribution is 2.45. The minimum atomic E-state index is -2.26. The molecule has 1 aromatic carbocycles. The number of furan rings is 1. The van der Waals surface area contributed by atoms with E-state index in [-0.39, 0.29) is 0 Å². The summed E-state index contributed by atoms with van der Waals surface area (Å²) in [7, 11) is 2.09. The second-order valence-corrected chi connectivity index (χ2v) is 31.4. The van der Waals surface area contributed by atoms with Crippen LogP contribution in [0.4, 0.5) is 0 Å². The molecule has 490 valence electrons. The van der Waals surface area contributed by atoms with Gasteiger partial charge < -0.3 is 13.6 Å². The topological polar surface area (TPSA) is 176 Å². The molecule has 19 nitrogen and oxygen atoms in total. The molecule has 25 heterocycles. The first-order chi connectivity index (χ1) is 52.1. The van der Waals surface area contributed by atoms with Gasteiger partial charge in [-0.15, -0.1) is 0 Å². The van der Waals surface area contributed by atoms with Crippen LogP contribution in [0.15, 0.2) is 218 Å². The third-order valence-electron chi connectivity index (χ3n) is 19.7. The van der Waals surface area contributed by atoms with Crippen LogP contribution in [0, 0.1) is 0 Å². The first-order valence-corrected chi connectivity index (χ1v) is 38.1. The van der Waals surface area contributed by atoms with Crippen molar-refractivity contribution < 1.29 is 31.4 Å². The van der Waals surface area contributed by atoms with Gasteiger partial charge in [0.05, 0.1) is 49.4 Å². The van der Waals surface area contributed by atoms with Crippen molar-refractivity contribution in [1.29, 1.82) is 0 Å². The van der Waals surface area contributed by atoms with Crippen LogP contribution < -0.4 is 22.8 Å². The van der Waals surface area contributed by atoms with Gasteiger partial charge in [0.25, 0.3) is 52.0 Å². The second kappa shape index (κ2) is 22.9. The largest absolute Gasteiger partial charge is 0.420 e. The molecule has 0 unspecified atom stereocenters. The Labute approximate surface area is 611 Å². The van der Waals surface area contributed by atoms with Crippen molar-refractivity contribution in [2.45, 2.75) is 32.7 Å². The minimum absolute atomic E-state index is 0.507. The zero-order valence-corrected chi connectivity index (χ0v) is 59.0. The fourth-order valence-corrected chi connectivity index (χ4v) is 22.9. The molecule has 0 fully saturated rings. The van der Waals surface area contributed by atoms with Crippen molar-refractivity contribution >= 4 is 173 Å². The third-order valence-corrected chi connectivity index (χ3v) is 26.9. The molecule has 0 aliphatic carbocycles. The average molecular weight is 1450 g/mol. The summed E-state index contributed by atoms with van der Waals surface area (Å²) in [6.45, 7) is 1.79. The number of thiophene rings is 1. The fraction of sp³-hybridized carbons (Fsp3) is 0.0897. The molecule has 0 saturated heterocycles. The molecule has 20 aromatic heterocycles. The van der Waals surface area contributed by atoms with Crippen LogP contribution in [0.1, 0.15) is 32.6 Å². The number of thiazole rings is 5. The molecule has 0 N–H and O–H groups in total. The number of aryl methyl sites for hydroxylation is 2. The first kappa shape index (κ1) is 56.0. The maximum Gasteiger partial charge on any atom is 0.275 e. The Balaban J connectivity index is 0.0000000830. The Morgan fingerprint density at radius 2 is 0.728 bits per heavy atom. The summed E-state index contributed by atoms with van der Waals surface area (Å²) < 4.78 is 48.3. The van der Waals surface area contributed by atoms with E-state index >= 15 is 0 Å². The fourth-order valence-electron chi connectivity index (χ4n) is 15.3. The number of hydrogen-bond donors (Lipinski definition) is 0. The molecule has 0 bridgehead atoms. The molecular weight excluding hydrogens is 1400 g/mol. The number of nitrogens with zero attached hydrogens (tertiary/aromatic N) is 18. The second-order valence-electron chi connectivity index (χ2n) is 25.3. The number of benzene rings is 1. The monoisotopic (exact) mass is 1450 g/mol. The maximum atomic E-state index is 7.89. The first-order valence-electron chi connectivity index (χ1n) is 34.7. The summed E-state index contributed by atoms with van der Waals surface area (Å²) in [6.07, 6.45) is 18.2. The number of rotatable bonds is 1. The summed E-state index contributed by atoms with van der Waals surface area (Å²) in [5, 5.41) is 11.8. The SMILES string of the molecule is Cn1c2ncccc2c2c1sc1[n+]2Cc2ncccc2-1.[2H]C([2H])([2H])n1c2ncccc2c2c1sc1[n+]2Cc2ncccc2-1.c1ccc(-n2c3ncccc3c3c2sc2[n+]3Cc3ncccc3-2)cc1.c1cnc2c(c1)-c1sc3oc4ncccc4c3[n+]1C2.c1cnc2c(c1)-c1sc3sc4ncccc4c3[n+]1C2. The lowest BCUT2D eigenvalue weighted by molar-refractivity contribution is -0.641. The average Bonchev–Trinajstić information content (AvgIpc) is 1.57. The smallest absolute Gasteiger partial charge is 0.275 e. The van der Waals surface area contributed by atoms with E-state index in [1.165, 1.54) is 116 Å². The highest BCUT2D eigenvalue weighted by molar-refractivity contribution is 7.42. The number of pyridine rings is 10.